The molecule has 0 unspecified atom stereocenters. The van der Waals surface area contributed by atoms with E-state index >= 15 is 0 Å². The third-order valence-corrected chi connectivity index (χ3v) is 14.7. The van der Waals surface area contributed by atoms with E-state index in [-0.39, 0.29) is 29.2 Å². The number of rotatable bonds is 8. The Morgan fingerprint density at radius 3 is 2.66 bits per heavy atom. The second-order valence-corrected chi connectivity index (χ2v) is 16.9. The van der Waals surface area contributed by atoms with Crippen molar-refractivity contribution in [2.75, 3.05) is 11.5 Å². The fourth-order valence-corrected chi connectivity index (χ4v) is 12.2. The monoisotopic (exact) mass is 626 g/mol. The van der Waals surface area contributed by atoms with E-state index in [2.05, 4.69) is 47.6 Å². The van der Waals surface area contributed by atoms with Gasteiger partial charge in [0.25, 0.3) is 16.0 Å². The molecule has 0 radical (unpaired) electrons. The van der Waals surface area contributed by atoms with Crippen LogP contribution in [0.1, 0.15) is 97.7 Å². The summed E-state index contributed by atoms with van der Waals surface area (Å²) in [6.07, 6.45) is 12.9. The Morgan fingerprint density at radius 1 is 1.05 bits per heavy atom. The summed E-state index contributed by atoms with van der Waals surface area (Å²) in [5, 5.41) is 19.1. The van der Waals surface area contributed by atoms with Gasteiger partial charge in [-0.25, -0.2) is 13.1 Å². The van der Waals surface area contributed by atoms with Gasteiger partial charge in [-0.1, -0.05) is 47.0 Å². The lowest BCUT2D eigenvalue weighted by Crippen LogP contribution is -2.61. The third-order valence-electron chi connectivity index (χ3n) is 13.3. The molecule has 10 heteroatoms. The maximum atomic E-state index is 13.0. The second-order valence-electron chi connectivity index (χ2n) is 15.2. The van der Waals surface area contributed by atoms with Crippen molar-refractivity contribution in [3.63, 3.8) is 0 Å². The first-order valence-corrected chi connectivity index (χ1v) is 18.6. The summed E-state index contributed by atoms with van der Waals surface area (Å²) in [6, 6.07) is 4.52. The molecule has 0 bridgehead atoms. The molecule has 7 rings (SSSR count). The molecule has 2 heterocycles. The zero-order valence-corrected chi connectivity index (χ0v) is 27.5. The number of aliphatic hydroxyl groups excluding tert-OH is 1. The number of nitrogens with one attached hydrogen (secondary N) is 2. The van der Waals surface area contributed by atoms with E-state index in [0.29, 0.717) is 70.6 Å². The summed E-state index contributed by atoms with van der Waals surface area (Å²) >= 11 is 0. The van der Waals surface area contributed by atoms with E-state index in [4.69, 9.17) is 9.47 Å². The summed E-state index contributed by atoms with van der Waals surface area (Å²) in [6.45, 7) is 9.92. The SMILES string of the molecule is CC[C@H]1[C@@H](O)[C@@H]2[C@H](CC[C@]3(C)[C@@H]([C@H](C)CCc4nc(NS(=O)(=O)c5ccc6c(c5)OCO6)n[nH]4)CC[C@@H]23)[C@@]2(C)CCCC[C@@H]12. The van der Waals surface area contributed by atoms with Crippen LogP contribution in [-0.2, 0) is 16.4 Å². The Hall–Kier alpha value is -2.33. The second kappa shape index (κ2) is 11.2. The predicted molar refractivity (Wildman–Crippen MR) is 168 cm³/mol. The average Bonchev–Trinajstić information content (AvgIpc) is 3.74. The van der Waals surface area contributed by atoms with Crippen LogP contribution in [0.2, 0.25) is 0 Å². The first-order chi connectivity index (χ1) is 21.0. The maximum Gasteiger partial charge on any atom is 0.264 e. The molecule has 4 saturated carbocycles. The van der Waals surface area contributed by atoms with Gasteiger partial charge < -0.3 is 14.6 Å². The van der Waals surface area contributed by atoms with Crippen molar-refractivity contribution in [1.29, 1.82) is 0 Å². The lowest BCUT2D eigenvalue weighted by atomic mass is 9.41. The number of ether oxygens (including phenoxy) is 2. The third kappa shape index (κ3) is 4.84. The molecule has 44 heavy (non-hydrogen) atoms. The van der Waals surface area contributed by atoms with Crippen LogP contribution < -0.4 is 14.2 Å². The molecule has 10 atom stereocenters. The Labute approximate surface area is 262 Å². The van der Waals surface area contributed by atoms with Crippen molar-refractivity contribution in [3.05, 3.63) is 24.0 Å². The summed E-state index contributed by atoms with van der Waals surface area (Å²) in [5.74, 6) is 5.61. The van der Waals surface area contributed by atoms with Gasteiger partial charge in [-0.15, -0.1) is 5.10 Å². The summed E-state index contributed by atoms with van der Waals surface area (Å²) in [5.41, 5.74) is 0.645. The highest BCUT2D eigenvalue weighted by Crippen LogP contribution is 2.69. The number of fused-ring (bicyclic) bond motifs is 6. The first kappa shape index (κ1) is 30.3. The van der Waals surface area contributed by atoms with Gasteiger partial charge in [-0.3, -0.25) is 5.10 Å². The molecule has 5 aliphatic rings. The van der Waals surface area contributed by atoms with Crippen LogP contribution in [0.25, 0.3) is 0 Å². The minimum Gasteiger partial charge on any atom is -0.454 e. The number of aryl methyl sites for hydroxylation is 1. The lowest BCUT2D eigenvalue weighted by Gasteiger charge is -2.64. The van der Waals surface area contributed by atoms with Crippen LogP contribution in [-0.4, -0.2) is 41.6 Å². The quantitative estimate of drug-likeness (QED) is 0.303. The number of hydrogen-bond acceptors (Lipinski definition) is 7. The van der Waals surface area contributed by atoms with Gasteiger partial charge in [0.1, 0.15) is 5.82 Å². The molecule has 4 fully saturated rings. The van der Waals surface area contributed by atoms with Crippen molar-refractivity contribution in [3.8, 4) is 11.5 Å². The zero-order chi connectivity index (χ0) is 30.9. The van der Waals surface area contributed by atoms with Crippen molar-refractivity contribution in [2.45, 2.75) is 109 Å². The highest BCUT2D eigenvalue weighted by atomic mass is 32.2. The van der Waals surface area contributed by atoms with Gasteiger partial charge >= 0.3 is 0 Å². The number of sulfonamides is 1. The Morgan fingerprint density at radius 2 is 1.84 bits per heavy atom. The number of benzene rings is 1. The van der Waals surface area contributed by atoms with Crippen LogP contribution in [0.3, 0.4) is 0 Å². The highest BCUT2D eigenvalue weighted by Gasteiger charge is 2.64. The molecule has 3 N–H and O–H groups in total. The molecule has 1 aromatic carbocycles. The van der Waals surface area contributed by atoms with Crippen LogP contribution in [0.4, 0.5) is 5.95 Å². The molecule has 9 nitrogen and oxygen atoms in total. The number of H-pyrrole nitrogens is 1. The van der Waals surface area contributed by atoms with Gasteiger partial charge in [0.05, 0.1) is 11.0 Å². The smallest absolute Gasteiger partial charge is 0.264 e. The minimum absolute atomic E-state index is 0.0443. The Balaban J connectivity index is 1.01. The largest absolute Gasteiger partial charge is 0.454 e. The van der Waals surface area contributed by atoms with E-state index in [0.717, 1.165) is 12.8 Å². The number of hydrogen-bond donors (Lipinski definition) is 3. The number of aromatic nitrogens is 3. The number of aromatic amines is 1. The normalized spacial score (nSPS) is 38.4. The van der Waals surface area contributed by atoms with Gasteiger partial charge in [-0.05, 0) is 109 Å². The molecular formula is C34H50N4O5S. The van der Waals surface area contributed by atoms with Crippen molar-refractivity contribution >= 4 is 16.0 Å². The maximum absolute atomic E-state index is 13.0. The summed E-state index contributed by atoms with van der Waals surface area (Å²) < 4.78 is 39.0. The number of aliphatic hydroxyl groups is 1. The average molecular weight is 627 g/mol. The molecule has 2 aromatic rings. The number of nitrogens with zero attached hydrogens (tertiary/aromatic N) is 2. The molecular weight excluding hydrogens is 576 g/mol. The van der Waals surface area contributed by atoms with Crippen molar-refractivity contribution < 1.29 is 23.0 Å². The van der Waals surface area contributed by atoms with Gasteiger partial charge in [0, 0.05) is 12.5 Å². The number of anilines is 1. The highest BCUT2D eigenvalue weighted by molar-refractivity contribution is 7.92. The summed E-state index contributed by atoms with van der Waals surface area (Å²) in [4.78, 5) is 4.54. The topological polar surface area (TPSA) is 126 Å². The summed E-state index contributed by atoms with van der Waals surface area (Å²) in [7, 11) is -3.87. The Kier molecular flexibility index (Phi) is 7.71. The van der Waals surface area contributed by atoms with Crippen molar-refractivity contribution in [1.82, 2.24) is 15.2 Å². The Bertz CT molecular complexity index is 1480. The lowest BCUT2D eigenvalue weighted by molar-refractivity contribution is -0.194. The van der Waals surface area contributed by atoms with E-state index in [1.54, 1.807) is 6.07 Å². The van der Waals surface area contributed by atoms with Crippen molar-refractivity contribution in [2.24, 2.45) is 52.3 Å². The van der Waals surface area contributed by atoms with E-state index < -0.39 is 10.0 Å². The van der Waals surface area contributed by atoms with Gasteiger partial charge in [0.2, 0.25) is 6.79 Å². The zero-order valence-electron chi connectivity index (χ0n) is 26.7. The first-order valence-electron chi connectivity index (χ1n) is 17.1. The van der Waals surface area contributed by atoms with Crippen LogP contribution in [0.5, 0.6) is 11.5 Å². The predicted octanol–water partition coefficient (Wildman–Crippen LogP) is 6.56. The van der Waals surface area contributed by atoms with Gasteiger partial charge in [0.15, 0.2) is 11.5 Å². The standard InChI is InChI=1S/C34H50N4O5S/c1-5-22-24-8-6-7-16-33(24,3)26-15-17-34(4)23(11-12-25(34)30(26)31(22)39)20(2)9-14-29-35-32(37-36-29)38-44(40,41)21-10-13-27-28(18-21)43-19-42-27/h10,13,18,20,22-26,30-31,39H,5-9,11-12,14-17,19H2,1-4H3,(H2,35,36,37,38)/t20-,22-,23-,24+,25+,26+,30+,31-,33+,34-/m1/s1. The van der Waals surface area contributed by atoms with Crippen LogP contribution in [0, 0.1) is 52.3 Å². The molecule has 242 valence electrons. The molecule has 4 aliphatic carbocycles. The van der Waals surface area contributed by atoms with Crippen LogP contribution in [0.15, 0.2) is 23.1 Å². The fraction of sp³-hybridized carbons (Fsp3) is 0.765. The van der Waals surface area contributed by atoms with Gasteiger partial charge in [-0.2, -0.15) is 4.98 Å². The minimum atomic E-state index is -3.87. The van der Waals surface area contributed by atoms with E-state index in [9.17, 15) is 13.5 Å². The van der Waals surface area contributed by atoms with Crippen LogP contribution >= 0.6 is 0 Å². The molecule has 1 aromatic heterocycles. The molecule has 0 spiro atoms. The molecule has 0 saturated heterocycles. The molecule has 1 aliphatic heterocycles. The molecule has 0 amide bonds. The van der Waals surface area contributed by atoms with E-state index in [1.807, 2.05) is 0 Å². The fourth-order valence-electron chi connectivity index (χ4n) is 11.3. The van der Waals surface area contributed by atoms with E-state index in [1.165, 1.54) is 63.5 Å².